The zero-order valence-corrected chi connectivity index (χ0v) is 16.0. The minimum atomic E-state index is -1.67. The molecule has 5 nitrogen and oxygen atoms in total. The van der Waals surface area contributed by atoms with Gasteiger partial charge in [0.25, 0.3) is 0 Å². The molecule has 0 heterocycles. The SMILES string of the molecule is C[C@H](NC(=O)CN(C)CC(=O)Nc1ccc(F)c(F)c1F)c1cccc(Cl)c1. The largest absolute Gasteiger partial charge is 0.348 e. The van der Waals surface area contributed by atoms with Crippen molar-refractivity contribution in [2.75, 3.05) is 25.5 Å². The van der Waals surface area contributed by atoms with Crippen LogP contribution < -0.4 is 10.6 Å². The highest BCUT2D eigenvalue weighted by molar-refractivity contribution is 6.30. The Morgan fingerprint density at radius 3 is 2.43 bits per heavy atom. The topological polar surface area (TPSA) is 61.4 Å². The predicted molar refractivity (Wildman–Crippen MR) is 100 cm³/mol. The maximum Gasteiger partial charge on any atom is 0.238 e. The quantitative estimate of drug-likeness (QED) is 0.683. The van der Waals surface area contributed by atoms with Gasteiger partial charge in [-0.3, -0.25) is 14.5 Å². The molecule has 2 amide bonds. The first kappa shape index (κ1) is 21.7. The highest BCUT2D eigenvalue weighted by Gasteiger charge is 2.17. The predicted octanol–water partition coefficient (Wildman–Crippen LogP) is 3.51. The molecule has 0 spiro atoms. The molecule has 1 atom stereocenters. The first-order valence-electron chi connectivity index (χ1n) is 8.34. The molecular weight excluding hydrogens is 395 g/mol. The third kappa shape index (κ3) is 5.97. The number of halogens is 4. The summed E-state index contributed by atoms with van der Waals surface area (Å²) < 4.78 is 39.7. The van der Waals surface area contributed by atoms with Crippen LogP contribution in [0.4, 0.5) is 18.9 Å². The van der Waals surface area contributed by atoms with Crippen molar-refractivity contribution < 1.29 is 22.8 Å². The van der Waals surface area contributed by atoms with E-state index in [4.69, 9.17) is 11.6 Å². The van der Waals surface area contributed by atoms with Crippen molar-refractivity contribution in [2.24, 2.45) is 0 Å². The Hall–Kier alpha value is -2.58. The van der Waals surface area contributed by atoms with E-state index in [2.05, 4.69) is 10.6 Å². The molecule has 0 aromatic heterocycles. The lowest BCUT2D eigenvalue weighted by Crippen LogP contribution is -2.39. The third-order valence-corrected chi connectivity index (χ3v) is 4.10. The fourth-order valence-electron chi connectivity index (χ4n) is 2.50. The summed E-state index contributed by atoms with van der Waals surface area (Å²) in [6.45, 7) is 1.44. The van der Waals surface area contributed by atoms with Gasteiger partial charge < -0.3 is 10.6 Å². The average Bonchev–Trinajstić information content (AvgIpc) is 2.61. The van der Waals surface area contributed by atoms with Crippen molar-refractivity contribution in [3.8, 4) is 0 Å². The van der Waals surface area contributed by atoms with Crippen molar-refractivity contribution in [2.45, 2.75) is 13.0 Å². The smallest absolute Gasteiger partial charge is 0.238 e. The van der Waals surface area contributed by atoms with E-state index in [1.807, 2.05) is 6.07 Å². The van der Waals surface area contributed by atoms with Crippen LogP contribution in [-0.4, -0.2) is 36.9 Å². The van der Waals surface area contributed by atoms with Gasteiger partial charge in [0.2, 0.25) is 11.8 Å². The summed E-state index contributed by atoms with van der Waals surface area (Å²) in [5, 5.41) is 5.48. The van der Waals surface area contributed by atoms with E-state index in [1.165, 1.54) is 11.9 Å². The number of anilines is 1. The number of carbonyl (C=O) groups is 2. The maximum absolute atomic E-state index is 13.6. The number of benzene rings is 2. The number of nitrogens with zero attached hydrogens (tertiary/aromatic N) is 1. The average molecular weight is 414 g/mol. The molecule has 28 heavy (non-hydrogen) atoms. The van der Waals surface area contributed by atoms with Crippen molar-refractivity contribution in [3.05, 3.63) is 64.4 Å². The minimum absolute atomic E-state index is 0.0986. The summed E-state index contributed by atoms with van der Waals surface area (Å²) in [5.74, 6) is -5.51. The highest BCUT2D eigenvalue weighted by atomic mass is 35.5. The Kier molecular flexibility index (Phi) is 7.42. The lowest BCUT2D eigenvalue weighted by Gasteiger charge is -2.19. The molecule has 9 heteroatoms. The minimum Gasteiger partial charge on any atom is -0.348 e. The Bertz CT molecular complexity index is 879. The van der Waals surface area contributed by atoms with Gasteiger partial charge in [-0.1, -0.05) is 23.7 Å². The summed E-state index contributed by atoms with van der Waals surface area (Å²) in [5.41, 5.74) is 0.353. The molecule has 0 radical (unpaired) electrons. The van der Waals surface area contributed by atoms with Crippen LogP contribution in [0.5, 0.6) is 0 Å². The van der Waals surface area contributed by atoms with Gasteiger partial charge in [0.15, 0.2) is 17.5 Å². The second kappa shape index (κ2) is 9.57. The number of nitrogens with one attached hydrogen (secondary N) is 2. The van der Waals surface area contributed by atoms with E-state index in [1.54, 1.807) is 25.1 Å². The van der Waals surface area contributed by atoms with Gasteiger partial charge in [0.1, 0.15) is 0 Å². The van der Waals surface area contributed by atoms with Crippen LogP contribution >= 0.6 is 11.6 Å². The first-order chi connectivity index (χ1) is 13.2. The van der Waals surface area contributed by atoms with E-state index in [0.29, 0.717) is 11.1 Å². The van der Waals surface area contributed by atoms with Crippen LogP contribution in [0.25, 0.3) is 0 Å². The molecule has 0 bridgehead atoms. The highest BCUT2D eigenvalue weighted by Crippen LogP contribution is 2.19. The molecule has 0 unspecified atom stereocenters. The number of hydrogen-bond acceptors (Lipinski definition) is 3. The lowest BCUT2D eigenvalue weighted by atomic mass is 10.1. The van der Waals surface area contributed by atoms with Gasteiger partial charge >= 0.3 is 0 Å². The summed E-state index contributed by atoms with van der Waals surface area (Å²) in [6.07, 6.45) is 0. The van der Waals surface area contributed by atoms with Gasteiger partial charge in [0.05, 0.1) is 24.8 Å². The molecule has 150 valence electrons. The molecule has 0 aliphatic carbocycles. The van der Waals surface area contributed by atoms with E-state index in [9.17, 15) is 22.8 Å². The summed E-state index contributed by atoms with van der Waals surface area (Å²) in [4.78, 5) is 25.5. The number of hydrogen-bond donors (Lipinski definition) is 2. The number of carbonyl (C=O) groups excluding carboxylic acids is 2. The van der Waals surface area contributed by atoms with Gasteiger partial charge in [-0.2, -0.15) is 0 Å². The van der Waals surface area contributed by atoms with Crippen LogP contribution in [0.1, 0.15) is 18.5 Å². The Morgan fingerprint density at radius 1 is 1.07 bits per heavy atom. The van der Waals surface area contributed by atoms with Crippen molar-refractivity contribution in [1.82, 2.24) is 10.2 Å². The van der Waals surface area contributed by atoms with E-state index >= 15 is 0 Å². The van der Waals surface area contributed by atoms with Crippen LogP contribution in [0.15, 0.2) is 36.4 Å². The number of likely N-dealkylation sites (N-methyl/N-ethyl adjacent to an activating group) is 1. The van der Waals surface area contributed by atoms with Gasteiger partial charge in [-0.25, -0.2) is 13.2 Å². The van der Waals surface area contributed by atoms with E-state index in [-0.39, 0.29) is 25.0 Å². The van der Waals surface area contributed by atoms with E-state index in [0.717, 1.165) is 11.6 Å². The standard InChI is InChI=1S/C19H19ClF3N3O2/c1-11(12-4-3-5-13(20)8-12)24-16(27)9-26(2)10-17(28)25-15-7-6-14(21)18(22)19(15)23/h3-8,11H,9-10H2,1-2H3,(H,24,27)(H,25,28)/t11-/m0/s1. The van der Waals surface area contributed by atoms with Crippen molar-refractivity contribution in [3.63, 3.8) is 0 Å². The number of amides is 2. The fraction of sp³-hybridized carbons (Fsp3) is 0.263. The Morgan fingerprint density at radius 2 is 1.75 bits per heavy atom. The van der Waals surface area contributed by atoms with Crippen LogP contribution in [-0.2, 0) is 9.59 Å². The van der Waals surface area contributed by atoms with Crippen molar-refractivity contribution >= 4 is 29.1 Å². The van der Waals surface area contributed by atoms with Gasteiger partial charge in [-0.15, -0.1) is 0 Å². The molecule has 2 aromatic carbocycles. The zero-order valence-electron chi connectivity index (χ0n) is 15.2. The lowest BCUT2D eigenvalue weighted by molar-refractivity contribution is -0.123. The third-order valence-electron chi connectivity index (χ3n) is 3.86. The molecule has 0 aliphatic rings. The van der Waals surface area contributed by atoms with Crippen LogP contribution in [0.2, 0.25) is 5.02 Å². The van der Waals surface area contributed by atoms with Crippen molar-refractivity contribution in [1.29, 1.82) is 0 Å². The second-order valence-corrected chi connectivity index (χ2v) is 6.72. The first-order valence-corrected chi connectivity index (χ1v) is 8.72. The fourth-order valence-corrected chi connectivity index (χ4v) is 2.70. The van der Waals surface area contributed by atoms with Crippen LogP contribution in [0.3, 0.4) is 0 Å². The zero-order chi connectivity index (χ0) is 20.8. The molecule has 2 aromatic rings. The maximum atomic E-state index is 13.6. The number of rotatable bonds is 7. The molecule has 0 saturated heterocycles. The molecule has 2 N–H and O–H groups in total. The molecule has 2 rings (SSSR count). The van der Waals surface area contributed by atoms with Crippen LogP contribution in [0, 0.1) is 17.5 Å². The van der Waals surface area contributed by atoms with Gasteiger partial charge in [0, 0.05) is 5.02 Å². The normalized spacial score (nSPS) is 12.0. The summed E-state index contributed by atoms with van der Waals surface area (Å²) >= 11 is 5.93. The Labute approximate surface area is 165 Å². The molecule has 0 aliphatic heterocycles. The molecule has 0 saturated carbocycles. The summed E-state index contributed by atoms with van der Waals surface area (Å²) in [7, 11) is 1.52. The van der Waals surface area contributed by atoms with E-state index < -0.39 is 29.0 Å². The van der Waals surface area contributed by atoms with Gasteiger partial charge in [-0.05, 0) is 43.8 Å². The second-order valence-electron chi connectivity index (χ2n) is 6.29. The molecule has 0 fully saturated rings. The monoisotopic (exact) mass is 413 g/mol. The summed E-state index contributed by atoms with van der Waals surface area (Å²) in [6, 6.07) is 8.40. The molecular formula is C19H19ClF3N3O2. The Balaban J connectivity index is 1.85.